The Morgan fingerprint density at radius 2 is 2.05 bits per heavy atom. The fourth-order valence-corrected chi connectivity index (χ4v) is 3.17. The zero-order chi connectivity index (χ0) is 15.5. The molecule has 0 spiro atoms. The van der Waals surface area contributed by atoms with Crippen molar-refractivity contribution >= 4 is 0 Å². The molecular formula is C17H28N2O2. The van der Waals surface area contributed by atoms with Crippen molar-refractivity contribution < 1.29 is 9.47 Å². The number of hydrogen-bond acceptors (Lipinski definition) is 4. The molecule has 0 bridgehead atoms. The molecular weight excluding hydrogens is 264 g/mol. The van der Waals surface area contributed by atoms with Gasteiger partial charge in [0.15, 0.2) is 0 Å². The predicted molar refractivity (Wildman–Crippen MR) is 86.2 cm³/mol. The Kier molecular flexibility index (Phi) is 5.12. The number of likely N-dealkylation sites (N-methyl/N-ethyl adjacent to an activating group) is 1. The number of nitrogens with one attached hydrogen (secondary N) is 1. The van der Waals surface area contributed by atoms with E-state index >= 15 is 0 Å². The van der Waals surface area contributed by atoms with Crippen molar-refractivity contribution in [2.75, 3.05) is 34.4 Å². The van der Waals surface area contributed by atoms with Gasteiger partial charge in [0, 0.05) is 29.8 Å². The summed E-state index contributed by atoms with van der Waals surface area (Å²) in [6, 6.07) is 6.30. The van der Waals surface area contributed by atoms with Gasteiger partial charge in [0.05, 0.1) is 14.2 Å². The lowest BCUT2D eigenvalue weighted by Gasteiger charge is -2.35. The van der Waals surface area contributed by atoms with Crippen molar-refractivity contribution in [1.82, 2.24) is 10.2 Å². The van der Waals surface area contributed by atoms with Crippen LogP contribution in [0, 0.1) is 0 Å². The summed E-state index contributed by atoms with van der Waals surface area (Å²) in [4.78, 5) is 2.57. The van der Waals surface area contributed by atoms with Crippen molar-refractivity contribution in [3.05, 3.63) is 23.8 Å². The van der Waals surface area contributed by atoms with Gasteiger partial charge in [-0.2, -0.15) is 0 Å². The number of hydrogen-bond donors (Lipinski definition) is 1. The lowest BCUT2D eigenvalue weighted by atomic mass is 9.99. The minimum atomic E-state index is 0.253. The summed E-state index contributed by atoms with van der Waals surface area (Å²) in [7, 11) is 5.40. The van der Waals surface area contributed by atoms with Crippen LogP contribution in [0.25, 0.3) is 0 Å². The summed E-state index contributed by atoms with van der Waals surface area (Å²) < 4.78 is 10.8. The highest BCUT2D eigenvalue weighted by atomic mass is 16.5. The molecule has 118 valence electrons. The number of methoxy groups -OCH3 is 2. The van der Waals surface area contributed by atoms with E-state index in [0.29, 0.717) is 0 Å². The smallest absolute Gasteiger partial charge is 0.127 e. The van der Waals surface area contributed by atoms with E-state index in [2.05, 4.69) is 30.1 Å². The van der Waals surface area contributed by atoms with Gasteiger partial charge in [0.2, 0.25) is 0 Å². The quantitative estimate of drug-likeness (QED) is 0.874. The largest absolute Gasteiger partial charge is 0.497 e. The van der Waals surface area contributed by atoms with Crippen LogP contribution in [0.2, 0.25) is 0 Å². The average Bonchev–Trinajstić information content (AvgIpc) is 2.82. The fraction of sp³-hybridized carbons (Fsp3) is 0.647. The normalized spacial score (nSPS) is 19.5. The van der Waals surface area contributed by atoms with Crippen LogP contribution in [0.3, 0.4) is 0 Å². The average molecular weight is 292 g/mol. The topological polar surface area (TPSA) is 33.7 Å². The van der Waals surface area contributed by atoms with Gasteiger partial charge in [-0.1, -0.05) is 6.07 Å². The summed E-state index contributed by atoms with van der Waals surface area (Å²) in [5, 5.41) is 3.43. The third-order valence-electron chi connectivity index (χ3n) is 4.64. The Labute approximate surface area is 128 Å². The molecule has 0 aliphatic carbocycles. The molecule has 1 N–H and O–H groups in total. The molecule has 1 fully saturated rings. The number of ether oxygens (including phenoxy) is 2. The van der Waals surface area contributed by atoms with E-state index in [4.69, 9.17) is 9.47 Å². The monoisotopic (exact) mass is 292 g/mol. The van der Waals surface area contributed by atoms with Crippen LogP contribution in [0.15, 0.2) is 18.2 Å². The second-order valence-corrected chi connectivity index (χ2v) is 6.31. The zero-order valence-corrected chi connectivity index (χ0v) is 13.9. The summed E-state index contributed by atoms with van der Waals surface area (Å²) in [6.07, 6.45) is 2.55. The van der Waals surface area contributed by atoms with E-state index in [1.807, 2.05) is 19.2 Å². The van der Waals surface area contributed by atoms with E-state index in [1.54, 1.807) is 14.2 Å². The van der Waals surface area contributed by atoms with E-state index in [9.17, 15) is 0 Å². The van der Waals surface area contributed by atoms with E-state index in [1.165, 1.54) is 24.9 Å². The van der Waals surface area contributed by atoms with E-state index < -0.39 is 0 Å². The zero-order valence-electron chi connectivity index (χ0n) is 13.9. The first-order valence-electron chi connectivity index (χ1n) is 7.66. The predicted octanol–water partition coefficient (Wildman–Crippen LogP) is 2.84. The molecule has 0 saturated carbocycles. The standard InChI is InChI=1S/C17H28N2O2/c1-17(2)9-6-10-19(17)12-15(18-3)14-8-7-13(20-4)11-16(14)21-5/h7-8,11,15,18H,6,9-10,12H2,1-5H3. The fourth-order valence-electron chi connectivity index (χ4n) is 3.17. The van der Waals surface area contributed by atoms with Crippen molar-refractivity contribution in [3.63, 3.8) is 0 Å². The van der Waals surface area contributed by atoms with Crippen LogP contribution in [0.1, 0.15) is 38.3 Å². The first-order chi connectivity index (χ1) is 10.0. The van der Waals surface area contributed by atoms with Crippen molar-refractivity contribution in [2.45, 2.75) is 38.3 Å². The third kappa shape index (κ3) is 3.50. The van der Waals surface area contributed by atoms with Crippen LogP contribution in [-0.4, -0.2) is 44.8 Å². The Morgan fingerprint density at radius 1 is 1.29 bits per heavy atom. The molecule has 1 heterocycles. The summed E-state index contributed by atoms with van der Waals surface area (Å²) >= 11 is 0. The van der Waals surface area contributed by atoms with Gasteiger partial charge in [-0.05, 0) is 46.3 Å². The lowest BCUT2D eigenvalue weighted by Crippen LogP contribution is -2.43. The number of benzene rings is 1. The SMILES string of the molecule is CNC(CN1CCCC1(C)C)c1ccc(OC)cc1OC. The first-order valence-corrected chi connectivity index (χ1v) is 7.66. The number of likely N-dealkylation sites (tertiary alicyclic amines) is 1. The lowest BCUT2D eigenvalue weighted by molar-refractivity contribution is 0.157. The molecule has 1 aromatic carbocycles. The Hall–Kier alpha value is -1.26. The van der Waals surface area contributed by atoms with E-state index in [-0.39, 0.29) is 11.6 Å². The summed E-state index contributed by atoms with van der Waals surface area (Å²) in [5.41, 5.74) is 1.47. The number of nitrogens with zero attached hydrogens (tertiary/aromatic N) is 1. The Balaban J connectivity index is 2.21. The molecule has 2 rings (SSSR count). The maximum atomic E-state index is 5.55. The third-order valence-corrected chi connectivity index (χ3v) is 4.64. The van der Waals surface area contributed by atoms with Gasteiger partial charge in [-0.25, -0.2) is 0 Å². The molecule has 21 heavy (non-hydrogen) atoms. The minimum absolute atomic E-state index is 0.253. The van der Waals surface area contributed by atoms with E-state index in [0.717, 1.165) is 18.0 Å². The number of rotatable bonds is 6. The van der Waals surface area contributed by atoms with Crippen molar-refractivity contribution in [3.8, 4) is 11.5 Å². The highest BCUT2D eigenvalue weighted by molar-refractivity contribution is 5.42. The molecule has 4 nitrogen and oxygen atoms in total. The molecule has 1 aliphatic heterocycles. The molecule has 0 aromatic heterocycles. The Bertz CT molecular complexity index is 474. The maximum absolute atomic E-state index is 5.55. The van der Waals surface area contributed by atoms with Crippen LogP contribution in [0.5, 0.6) is 11.5 Å². The maximum Gasteiger partial charge on any atom is 0.127 e. The van der Waals surface area contributed by atoms with Crippen LogP contribution in [0.4, 0.5) is 0 Å². The van der Waals surface area contributed by atoms with Crippen molar-refractivity contribution in [2.24, 2.45) is 0 Å². The molecule has 1 aliphatic rings. The molecule has 4 heteroatoms. The minimum Gasteiger partial charge on any atom is -0.497 e. The van der Waals surface area contributed by atoms with Crippen LogP contribution >= 0.6 is 0 Å². The summed E-state index contributed by atoms with van der Waals surface area (Å²) in [6.45, 7) is 6.83. The molecule has 1 saturated heterocycles. The highest BCUT2D eigenvalue weighted by Gasteiger charge is 2.33. The van der Waals surface area contributed by atoms with Crippen molar-refractivity contribution in [1.29, 1.82) is 0 Å². The Morgan fingerprint density at radius 3 is 2.57 bits per heavy atom. The molecule has 1 unspecified atom stereocenters. The van der Waals surface area contributed by atoms with Gasteiger partial charge in [-0.3, -0.25) is 4.90 Å². The van der Waals surface area contributed by atoms with Gasteiger partial charge in [0.25, 0.3) is 0 Å². The molecule has 0 amide bonds. The molecule has 0 radical (unpaired) electrons. The first kappa shape index (κ1) is 16.1. The van der Waals surface area contributed by atoms with Gasteiger partial charge in [-0.15, -0.1) is 0 Å². The summed E-state index contributed by atoms with van der Waals surface area (Å²) in [5.74, 6) is 1.71. The van der Waals surface area contributed by atoms with Crippen LogP contribution < -0.4 is 14.8 Å². The van der Waals surface area contributed by atoms with Gasteiger partial charge in [0.1, 0.15) is 11.5 Å². The second kappa shape index (κ2) is 6.67. The van der Waals surface area contributed by atoms with Crippen LogP contribution in [-0.2, 0) is 0 Å². The molecule has 1 aromatic rings. The second-order valence-electron chi connectivity index (χ2n) is 6.31. The molecule has 1 atom stereocenters. The van der Waals surface area contributed by atoms with Gasteiger partial charge < -0.3 is 14.8 Å². The van der Waals surface area contributed by atoms with Gasteiger partial charge >= 0.3 is 0 Å². The highest BCUT2D eigenvalue weighted by Crippen LogP contribution is 2.34.